The molecule has 0 aliphatic heterocycles. The van der Waals surface area contributed by atoms with Crippen molar-refractivity contribution < 1.29 is 13.5 Å². The van der Waals surface area contributed by atoms with E-state index in [4.69, 9.17) is 23.2 Å². The third kappa shape index (κ3) is 3.16. The molecule has 0 aromatic heterocycles. The molecule has 1 aliphatic rings. The molecular formula is C11H13Cl2NO3S. The number of hydrogen-bond acceptors (Lipinski definition) is 3. The molecule has 7 heteroatoms. The topological polar surface area (TPSA) is 66.4 Å². The van der Waals surface area contributed by atoms with Gasteiger partial charge in [-0.15, -0.1) is 0 Å². The van der Waals surface area contributed by atoms with Crippen LogP contribution in [0.1, 0.15) is 19.3 Å². The molecule has 1 aliphatic carbocycles. The van der Waals surface area contributed by atoms with E-state index in [-0.39, 0.29) is 21.5 Å². The fourth-order valence-corrected chi connectivity index (χ4v) is 3.60. The van der Waals surface area contributed by atoms with Gasteiger partial charge < -0.3 is 5.11 Å². The van der Waals surface area contributed by atoms with Crippen LogP contribution in [0, 0.1) is 0 Å². The van der Waals surface area contributed by atoms with Gasteiger partial charge in [-0.1, -0.05) is 23.2 Å². The van der Waals surface area contributed by atoms with E-state index in [2.05, 4.69) is 4.72 Å². The zero-order valence-electron chi connectivity index (χ0n) is 9.49. The van der Waals surface area contributed by atoms with Crippen molar-refractivity contribution in [3.8, 4) is 0 Å². The van der Waals surface area contributed by atoms with Gasteiger partial charge in [0.2, 0.25) is 10.0 Å². The molecule has 0 radical (unpaired) electrons. The van der Waals surface area contributed by atoms with Crippen molar-refractivity contribution in [2.24, 2.45) is 0 Å². The largest absolute Gasteiger partial charge is 0.389 e. The van der Waals surface area contributed by atoms with Crippen LogP contribution in [-0.2, 0) is 10.0 Å². The predicted octanol–water partition coefficient (Wildman–Crippen LogP) is 2.19. The van der Waals surface area contributed by atoms with E-state index in [1.54, 1.807) is 0 Å². The van der Waals surface area contributed by atoms with Gasteiger partial charge in [0, 0.05) is 16.6 Å². The van der Waals surface area contributed by atoms with E-state index >= 15 is 0 Å². The predicted molar refractivity (Wildman–Crippen MR) is 70.5 cm³/mol. The fourth-order valence-electron chi connectivity index (χ4n) is 1.76. The molecular weight excluding hydrogens is 297 g/mol. The summed E-state index contributed by atoms with van der Waals surface area (Å²) in [5.74, 6) is 0. The van der Waals surface area contributed by atoms with Crippen LogP contribution in [0.3, 0.4) is 0 Å². The van der Waals surface area contributed by atoms with Crippen molar-refractivity contribution in [3.63, 3.8) is 0 Å². The van der Waals surface area contributed by atoms with Crippen LogP contribution in [-0.4, -0.2) is 25.7 Å². The standard InChI is InChI=1S/C11H13Cl2NO3S/c12-8-4-9(13)6-10(5-8)18(16,17)14-7-11(15)2-1-3-11/h4-6,14-15H,1-3,7H2. The van der Waals surface area contributed by atoms with Gasteiger partial charge in [0.15, 0.2) is 0 Å². The van der Waals surface area contributed by atoms with Gasteiger partial charge in [0.05, 0.1) is 10.5 Å². The highest BCUT2D eigenvalue weighted by atomic mass is 35.5. The highest BCUT2D eigenvalue weighted by molar-refractivity contribution is 7.89. The number of halogens is 2. The van der Waals surface area contributed by atoms with Crippen molar-refractivity contribution in [1.82, 2.24) is 4.72 Å². The lowest BCUT2D eigenvalue weighted by atomic mass is 9.81. The maximum atomic E-state index is 12.0. The van der Waals surface area contributed by atoms with Gasteiger partial charge >= 0.3 is 0 Å². The average molecular weight is 310 g/mol. The summed E-state index contributed by atoms with van der Waals surface area (Å²) in [4.78, 5) is 0.00271. The Labute approximate surface area is 116 Å². The Morgan fingerprint density at radius 1 is 1.22 bits per heavy atom. The molecule has 1 aromatic rings. The van der Waals surface area contributed by atoms with Gasteiger partial charge in [-0.05, 0) is 37.5 Å². The molecule has 1 fully saturated rings. The number of aliphatic hydroxyl groups is 1. The Morgan fingerprint density at radius 2 is 1.78 bits per heavy atom. The Kier molecular flexibility index (Phi) is 3.90. The van der Waals surface area contributed by atoms with Crippen molar-refractivity contribution in [1.29, 1.82) is 0 Å². The quantitative estimate of drug-likeness (QED) is 0.896. The maximum absolute atomic E-state index is 12.0. The zero-order chi connectivity index (χ0) is 13.4. The maximum Gasteiger partial charge on any atom is 0.240 e. The van der Waals surface area contributed by atoms with Crippen LogP contribution in [0.25, 0.3) is 0 Å². The Bertz CT molecular complexity index is 535. The Balaban J connectivity index is 2.14. The third-order valence-corrected chi connectivity index (χ3v) is 4.84. The summed E-state index contributed by atoms with van der Waals surface area (Å²) in [6.45, 7) is 0.0134. The number of benzene rings is 1. The average Bonchev–Trinajstić information content (AvgIpc) is 2.22. The van der Waals surface area contributed by atoms with Gasteiger partial charge in [-0.2, -0.15) is 0 Å². The number of rotatable bonds is 4. The minimum atomic E-state index is -3.69. The summed E-state index contributed by atoms with van der Waals surface area (Å²) < 4.78 is 26.3. The van der Waals surface area contributed by atoms with Crippen LogP contribution in [0.2, 0.25) is 10.0 Å². The minimum absolute atomic E-state index is 0.00271. The van der Waals surface area contributed by atoms with Crippen LogP contribution in [0.15, 0.2) is 23.1 Å². The number of hydrogen-bond donors (Lipinski definition) is 2. The van der Waals surface area contributed by atoms with Crippen molar-refractivity contribution in [2.75, 3.05) is 6.54 Å². The highest BCUT2D eigenvalue weighted by Gasteiger charge is 2.35. The first kappa shape index (κ1) is 14.1. The molecule has 0 heterocycles. The second-order valence-electron chi connectivity index (χ2n) is 4.51. The Hall–Kier alpha value is -0.330. The molecule has 18 heavy (non-hydrogen) atoms. The van der Waals surface area contributed by atoms with Crippen molar-refractivity contribution >= 4 is 33.2 Å². The summed E-state index contributed by atoms with van der Waals surface area (Å²) in [7, 11) is -3.69. The SMILES string of the molecule is O=S(=O)(NCC1(O)CCC1)c1cc(Cl)cc(Cl)c1. The molecule has 2 N–H and O–H groups in total. The first-order valence-corrected chi connectivity index (χ1v) is 7.73. The molecule has 0 bridgehead atoms. The molecule has 0 saturated heterocycles. The minimum Gasteiger partial charge on any atom is -0.389 e. The molecule has 100 valence electrons. The van der Waals surface area contributed by atoms with Crippen molar-refractivity contribution in [2.45, 2.75) is 29.8 Å². The third-order valence-electron chi connectivity index (χ3n) is 3.02. The van der Waals surface area contributed by atoms with E-state index in [0.717, 1.165) is 6.42 Å². The summed E-state index contributed by atoms with van der Waals surface area (Å²) in [5, 5.41) is 10.4. The summed E-state index contributed by atoms with van der Waals surface area (Å²) in [5.41, 5.74) is -0.907. The first-order chi connectivity index (χ1) is 8.31. The molecule has 0 spiro atoms. The van der Waals surface area contributed by atoms with E-state index in [9.17, 15) is 13.5 Å². The van der Waals surface area contributed by atoms with Crippen LogP contribution < -0.4 is 4.72 Å². The van der Waals surface area contributed by atoms with E-state index in [0.29, 0.717) is 12.8 Å². The van der Waals surface area contributed by atoms with Gasteiger partial charge in [-0.25, -0.2) is 13.1 Å². The molecule has 0 unspecified atom stereocenters. The van der Waals surface area contributed by atoms with E-state index < -0.39 is 15.6 Å². The smallest absolute Gasteiger partial charge is 0.240 e. The first-order valence-electron chi connectivity index (χ1n) is 5.49. The molecule has 2 rings (SSSR count). The number of sulfonamides is 1. The lowest BCUT2D eigenvalue weighted by Gasteiger charge is -2.36. The van der Waals surface area contributed by atoms with E-state index in [1.165, 1.54) is 18.2 Å². The second-order valence-corrected chi connectivity index (χ2v) is 7.15. The van der Waals surface area contributed by atoms with Crippen LogP contribution >= 0.6 is 23.2 Å². The van der Waals surface area contributed by atoms with Crippen LogP contribution in [0.5, 0.6) is 0 Å². The van der Waals surface area contributed by atoms with Gasteiger partial charge in [-0.3, -0.25) is 0 Å². The van der Waals surface area contributed by atoms with Crippen LogP contribution in [0.4, 0.5) is 0 Å². The molecule has 0 atom stereocenters. The van der Waals surface area contributed by atoms with Gasteiger partial charge in [0.25, 0.3) is 0 Å². The summed E-state index contributed by atoms with van der Waals surface area (Å²) in [6.07, 6.45) is 2.15. The lowest BCUT2D eigenvalue weighted by Crippen LogP contribution is -2.47. The summed E-state index contributed by atoms with van der Waals surface area (Å²) >= 11 is 11.5. The van der Waals surface area contributed by atoms with Crippen molar-refractivity contribution in [3.05, 3.63) is 28.2 Å². The lowest BCUT2D eigenvalue weighted by molar-refractivity contribution is -0.0270. The fraction of sp³-hybridized carbons (Fsp3) is 0.455. The summed E-state index contributed by atoms with van der Waals surface area (Å²) in [6, 6.07) is 4.10. The van der Waals surface area contributed by atoms with E-state index in [1.807, 2.05) is 0 Å². The Morgan fingerprint density at radius 3 is 2.22 bits per heavy atom. The normalized spacial score (nSPS) is 18.4. The molecule has 1 aromatic carbocycles. The van der Waals surface area contributed by atoms with Gasteiger partial charge in [0.1, 0.15) is 0 Å². The second kappa shape index (κ2) is 4.98. The monoisotopic (exact) mass is 309 g/mol. The highest BCUT2D eigenvalue weighted by Crippen LogP contribution is 2.31. The zero-order valence-corrected chi connectivity index (χ0v) is 11.8. The molecule has 0 amide bonds. The molecule has 1 saturated carbocycles. The number of nitrogens with one attached hydrogen (secondary N) is 1. The molecule has 4 nitrogen and oxygen atoms in total.